The highest BCUT2D eigenvalue weighted by Gasteiger charge is 2.21. The summed E-state index contributed by atoms with van der Waals surface area (Å²) in [6.45, 7) is 2.16. The van der Waals surface area contributed by atoms with Gasteiger partial charge >= 0.3 is 0 Å². The van der Waals surface area contributed by atoms with Crippen molar-refractivity contribution in [1.82, 2.24) is 4.98 Å². The Bertz CT molecular complexity index is 1420. The van der Waals surface area contributed by atoms with Crippen LogP contribution in [0, 0.1) is 0 Å². The van der Waals surface area contributed by atoms with Crippen LogP contribution in [0.25, 0.3) is 10.9 Å². The third-order valence-corrected chi connectivity index (χ3v) is 7.07. The van der Waals surface area contributed by atoms with E-state index in [1.54, 1.807) is 48.7 Å². The maximum Gasteiger partial charge on any atom is 0.264 e. The number of hydrogen-bond acceptors (Lipinski definition) is 6. The molecule has 35 heavy (non-hydrogen) atoms. The van der Waals surface area contributed by atoms with E-state index in [2.05, 4.69) is 10.3 Å². The molecule has 1 N–H and O–H groups in total. The second-order valence-corrected chi connectivity index (χ2v) is 9.56. The van der Waals surface area contributed by atoms with Crippen molar-refractivity contribution in [2.75, 3.05) is 29.9 Å². The zero-order valence-corrected chi connectivity index (χ0v) is 20.2. The minimum Gasteiger partial charge on any atom is -0.494 e. The van der Waals surface area contributed by atoms with E-state index in [-0.39, 0.29) is 17.4 Å². The van der Waals surface area contributed by atoms with Gasteiger partial charge in [0.05, 0.1) is 28.4 Å². The monoisotopic (exact) mass is 491 g/mol. The molecule has 8 nitrogen and oxygen atoms in total. The first kappa shape index (κ1) is 24.0. The van der Waals surface area contributed by atoms with E-state index in [0.717, 1.165) is 5.39 Å². The molecule has 4 aromatic rings. The van der Waals surface area contributed by atoms with Gasteiger partial charge in [0.2, 0.25) is 0 Å². The van der Waals surface area contributed by atoms with Crippen LogP contribution < -0.4 is 19.1 Å². The first-order chi connectivity index (χ1) is 16.9. The van der Waals surface area contributed by atoms with Crippen LogP contribution in [0.5, 0.6) is 11.5 Å². The van der Waals surface area contributed by atoms with Gasteiger partial charge in [-0.25, -0.2) is 8.42 Å². The second-order valence-electron chi connectivity index (χ2n) is 7.59. The number of amides is 1. The number of rotatable bonds is 9. The second kappa shape index (κ2) is 10.4. The number of carbonyl (C=O) groups excluding carboxylic acids is 1. The molecule has 0 atom stereocenters. The Kier molecular flexibility index (Phi) is 7.17. The molecule has 0 saturated carbocycles. The highest BCUT2D eigenvalue weighted by molar-refractivity contribution is 7.92. The molecule has 0 saturated heterocycles. The minimum atomic E-state index is -3.75. The SMILES string of the molecule is CCOc1ccc(S(=O)(=O)N(C)c2ccc(OCC(=O)Nc3cccc4cccnc34)cc2)cc1. The van der Waals surface area contributed by atoms with Gasteiger partial charge in [-0.2, -0.15) is 0 Å². The molecule has 0 radical (unpaired) electrons. The molecule has 0 aliphatic carbocycles. The highest BCUT2D eigenvalue weighted by atomic mass is 32.2. The van der Waals surface area contributed by atoms with Crippen LogP contribution in [0.2, 0.25) is 0 Å². The number of hydrogen-bond donors (Lipinski definition) is 1. The first-order valence-electron chi connectivity index (χ1n) is 11.0. The predicted octanol–water partition coefficient (Wildman–Crippen LogP) is 4.48. The van der Waals surface area contributed by atoms with Crippen molar-refractivity contribution in [3.05, 3.63) is 85.1 Å². The van der Waals surface area contributed by atoms with Crippen LogP contribution >= 0.6 is 0 Å². The smallest absolute Gasteiger partial charge is 0.264 e. The Morgan fingerprint density at radius 3 is 2.29 bits per heavy atom. The lowest BCUT2D eigenvalue weighted by Crippen LogP contribution is -2.26. The van der Waals surface area contributed by atoms with Crippen molar-refractivity contribution < 1.29 is 22.7 Å². The van der Waals surface area contributed by atoms with E-state index in [1.165, 1.54) is 23.5 Å². The van der Waals surface area contributed by atoms with Gasteiger partial charge in [-0.3, -0.25) is 14.1 Å². The molecule has 0 bridgehead atoms. The number of ether oxygens (including phenoxy) is 2. The molecule has 0 aliphatic heterocycles. The summed E-state index contributed by atoms with van der Waals surface area (Å²) in [5.41, 5.74) is 1.76. The van der Waals surface area contributed by atoms with Crippen molar-refractivity contribution >= 4 is 38.2 Å². The molecule has 180 valence electrons. The van der Waals surface area contributed by atoms with Crippen molar-refractivity contribution in [3.8, 4) is 11.5 Å². The maximum absolute atomic E-state index is 13.0. The van der Waals surface area contributed by atoms with Gasteiger partial charge in [-0.1, -0.05) is 18.2 Å². The third-order valence-electron chi connectivity index (χ3n) is 5.27. The normalized spacial score (nSPS) is 11.1. The van der Waals surface area contributed by atoms with Gasteiger partial charge in [0, 0.05) is 18.6 Å². The molecule has 0 aliphatic rings. The number of para-hydroxylation sites is 1. The number of fused-ring (bicyclic) bond motifs is 1. The number of sulfonamides is 1. The summed E-state index contributed by atoms with van der Waals surface area (Å²) in [5, 5.41) is 3.73. The van der Waals surface area contributed by atoms with Crippen LogP contribution in [0.15, 0.2) is 90.0 Å². The van der Waals surface area contributed by atoms with E-state index in [1.807, 2.05) is 31.2 Å². The Morgan fingerprint density at radius 1 is 0.914 bits per heavy atom. The lowest BCUT2D eigenvalue weighted by Gasteiger charge is -2.20. The van der Waals surface area contributed by atoms with Crippen molar-refractivity contribution in [2.45, 2.75) is 11.8 Å². The van der Waals surface area contributed by atoms with Crippen LogP contribution in [-0.2, 0) is 14.8 Å². The van der Waals surface area contributed by atoms with E-state index in [4.69, 9.17) is 9.47 Å². The minimum absolute atomic E-state index is 0.156. The average Bonchev–Trinajstić information content (AvgIpc) is 2.88. The summed E-state index contributed by atoms with van der Waals surface area (Å²) in [6.07, 6.45) is 1.67. The predicted molar refractivity (Wildman–Crippen MR) is 136 cm³/mol. The Balaban J connectivity index is 1.38. The van der Waals surface area contributed by atoms with Crippen LogP contribution in [-0.4, -0.2) is 39.6 Å². The molecule has 4 rings (SSSR count). The van der Waals surface area contributed by atoms with Gasteiger partial charge in [-0.05, 0) is 67.6 Å². The lowest BCUT2D eigenvalue weighted by molar-refractivity contribution is -0.118. The number of anilines is 2. The molecular formula is C26H25N3O5S. The Labute approximate surface area is 204 Å². The number of pyridine rings is 1. The van der Waals surface area contributed by atoms with E-state index < -0.39 is 10.0 Å². The van der Waals surface area contributed by atoms with Crippen molar-refractivity contribution in [2.24, 2.45) is 0 Å². The summed E-state index contributed by atoms with van der Waals surface area (Å²) in [4.78, 5) is 16.9. The third kappa shape index (κ3) is 5.52. The number of nitrogens with zero attached hydrogens (tertiary/aromatic N) is 2. The van der Waals surface area contributed by atoms with Gasteiger partial charge in [-0.15, -0.1) is 0 Å². The van der Waals surface area contributed by atoms with Crippen LogP contribution in [0.1, 0.15) is 6.92 Å². The number of aromatic nitrogens is 1. The van der Waals surface area contributed by atoms with Crippen LogP contribution in [0.3, 0.4) is 0 Å². The molecule has 0 unspecified atom stereocenters. The van der Waals surface area contributed by atoms with Gasteiger partial charge in [0.15, 0.2) is 6.61 Å². The van der Waals surface area contributed by atoms with Gasteiger partial charge in [0.25, 0.3) is 15.9 Å². The van der Waals surface area contributed by atoms with E-state index in [9.17, 15) is 13.2 Å². The largest absolute Gasteiger partial charge is 0.494 e. The highest BCUT2D eigenvalue weighted by Crippen LogP contribution is 2.26. The molecule has 1 aromatic heterocycles. The zero-order chi connectivity index (χ0) is 24.8. The van der Waals surface area contributed by atoms with Gasteiger partial charge in [0.1, 0.15) is 11.5 Å². The fourth-order valence-corrected chi connectivity index (χ4v) is 4.66. The zero-order valence-electron chi connectivity index (χ0n) is 19.3. The topological polar surface area (TPSA) is 97.8 Å². The van der Waals surface area contributed by atoms with Crippen LogP contribution in [0.4, 0.5) is 11.4 Å². The van der Waals surface area contributed by atoms with Crippen molar-refractivity contribution in [3.63, 3.8) is 0 Å². The summed E-state index contributed by atoms with van der Waals surface area (Å²) < 4.78 is 38.1. The summed E-state index contributed by atoms with van der Waals surface area (Å²) in [5.74, 6) is 0.714. The lowest BCUT2D eigenvalue weighted by atomic mass is 10.2. The standard InChI is InChI=1S/C26H25N3O5S/c1-3-33-21-13-15-23(16-14-21)35(31,32)29(2)20-9-11-22(12-10-20)34-18-25(30)28-24-8-4-6-19-7-5-17-27-26(19)24/h4-17H,3,18H2,1-2H3,(H,28,30). The Hall–Kier alpha value is -4.11. The number of carbonyl (C=O) groups is 1. The number of benzene rings is 3. The van der Waals surface area contributed by atoms with E-state index >= 15 is 0 Å². The average molecular weight is 492 g/mol. The summed E-state index contributed by atoms with van der Waals surface area (Å²) in [7, 11) is -2.27. The molecule has 1 amide bonds. The summed E-state index contributed by atoms with van der Waals surface area (Å²) >= 11 is 0. The molecule has 9 heteroatoms. The molecular weight excluding hydrogens is 466 g/mol. The fourth-order valence-electron chi connectivity index (χ4n) is 3.46. The molecule has 3 aromatic carbocycles. The van der Waals surface area contributed by atoms with Gasteiger partial charge < -0.3 is 14.8 Å². The Morgan fingerprint density at radius 2 is 1.57 bits per heavy atom. The maximum atomic E-state index is 13.0. The fraction of sp³-hybridized carbons (Fsp3) is 0.154. The van der Waals surface area contributed by atoms with Crippen molar-refractivity contribution in [1.29, 1.82) is 0 Å². The quantitative estimate of drug-likeness (QED) is 0.371. The summed E-state index contributed by atoms with van der Waals surface area (Å²) in [6, 6.07) is 22.0. The first-order valence-corrected chi connectivity index (χ1v) is 12.4. The molecule has 0 spiro atoms. The molecule has 1 heterocycles. The van der Waals surface area contributed by atoms with E-state index in [0.29, 0.717) is 35.0 Å². The number of nitrogens with one attached hydrogen (secondary N) is 1. The molecule has 0 fully saturated rings.